The van der Waals surface area contributed by atoms with Gasteiger partial charge >= 0.3 is 0 Å². The molecule has 0 saturated carbocycles. The number of carbonyl (C=O) groups excluding carboxylic acids is 2. The molecule has 0 spiro atoms. The average Bonchev–Trinajstić information content (AvgIpc) is 3.22. The zero-order valence-corrected chi connectivity index (χ0v) is 17.8. The molecule has 4 rings (SSSR count). The van der Waals surface area contributed by atoms with Crippen molar-refractivity contribution < 1.29 is 9.59 Å². The predicted octanol–water partition coefficient (Wildman–Crippen LogP) is 5.97. The minimum Gasteiger partial charge on any atom is -0.361 e. The fourth-order valence-electron chi connectivity index (χ4n) is 3.40. The Bertz CT molecular complexity index is 1250. The first kappa shape index (κ1) is 20.4. The molecule has 0 aliphatic rings. The quantitative estimate of drug-likeness (QED) is 0.387. The van der Waals surface area contributed by atoms with Crippen LogP contribution >= 0.6 is 0 Å². The van der Waals surface area contributed by atoms with Gasteiger partial charge in [-0.3, -0.25) is 9.59 Å². The molecule has 1 heterocycles. The van der Waals surface area contributed by atoms with Crippen molar-refractivity contribution in [3.05, 3.63) is 95.7 Å². The zero-order valence-electron chi connectivity index (χ0n) is 17.8. The van der Waals surface area contributed by atoms with Crippen molar-refractivity contribution in [2.75, 3.05) is 10.6 Å². The number of H-pyrrole nitrogens is 1. The number of amides is 2. The Balaban J connectivity index is 1.51. The van der Waals surface area contributed by atoms with E-state index in [9.17, 15) is 9.59 Å². The fraction of sp³-hybridized carbons (Fsp3) is 0.154. The third kappa shape index (κ3) is 4.51. The first-order valence-corrected chi connectivity index (χ1v) is 10.2. The summed E-state index contributed by atoms with van der Waals surface area (Å²) in [6, 6.07) is 22.2. The van der Waals surface area contributed by atoms with Crippen molar-refractivity contribution in [2.45, 2.75) is 26.2 Å². The summed E-state index contributed by atoms with van der Waals surface area (Å²) in [5, 5.41) is 6.85. The van der Waals surface area contributed by atoms with Gasteiger partial charge in [-0.15, -0.1) is 0 Å². The summed E-state index contributed by atoms with van der Waals surface area (Å²) in [4.78, 5) is 28.7. The molecule has 31 heavy (non-hydrogen) atoms. The Kier molecular flexibility index (Phi) is 5.34. The van der Waals surface area contributed by atoms with Gasteiger partial charge in [0, 0.05) is 22.8 Å². The van der Waals surface area contributed by atoms with Crippen LogP contribution in [-0.4, -0.2) is 16.8 Å². The molecule has 0 aliphatic heterocycles. The third-order valence-corrected chi connectivity index (χ3v) is 5.25. The number of hydrogen-bond acceptors (Lipinski definition) is 2. The molecule has 2 amide bonds. The van der Waals surface area contributed by atoms with Crippen LogP contribution in [0, 0.1) is 0 Å². The van der Waals surface area contributed by atoms with Crippen LogP contribution in [-0.2, 0) is 5.41 Å². The van der Waals surface area contributed by atoms with Crippen molar-refractivity contribution in [3.63, 3.8) is 0 Å². The summed E-state index contributed by atoms with van der Waals surface area (Å²) in [6.45, 7) is 6.40. The molecular weight excluding hydrogens is 386 g/mol. The first-order chi connectivity index (χ1) is 14.8. The van der Waals surface area contributed by atoms with Gasteiger partial charge < -0.3 is 15.6 Å². The van der Waals surface area contributed by atoms with E-state index in [-0.39, 0.29) is 17.2 Å². The van der Waals surface area contributed by atoms with Crippen LogP contribution in [0.2, 0.25) is 0 Å². The zero-order chi connectivity index (χ0) is 22.0. The largest absolute Gasteiger partial charge is 0.361 e. The molecule has 0 radical (unpaired) electrons. The van der Waals surface area contributed by atoms with Crippen molar-refractivity contribution in [3.8, 4) is 0 Å². The second kappa shape index (κ2) is 8.11. The Morgan fingerprint density at radius 3 is 1.94 bits per heavy atom. The molecule has 5 nitrogen and oxygen atoms in total. The highest BCUT2D eigenvalue weighted by Gasteiger charge is 2.16. The lowest BCUT2D eigenvalue weighted by Crippen LogP contribution is -2.17. The second-order valence-electron chi connectivity index (χ2n) is 8.56. The molecule has 0 fully saturated rings. The lowest BCUT2D eigenvalue weighted by atomic mass is 9.87. The van der Waals surface area contributed by atoms with Crippen LogP contribution < -0.4 is 10.6 Å². The smallest absolute Gasteiger partial charge is 0.255 e. The minimum atomic E-state index is -0.243. The van der Waals surface area contributed by atoms with Crippen molar-refractivity contribution in [2.24, 2.45) is 0 Å². The highest BCUT2D eigenvalue weighted by atomic mass is 16.2. The lowest BCUT2D eigenvalue weighted by Gasteiger charge is -2.19. The van der Waals surface area contributed by atoms with E-state index < -0.39 is 0 Å². The van der Waals surface area contributed by atoms with E-state index in [0.29, 0.717) is 22.5 Å². The predicted molar refractivity (Wildman–Crippen MR) is 126 cm³/mol. The number of benzene rings is 3. The summed E-state index contributed by atoms with van der Waals surface area (Å²) < 4.78 is 0. The van der Waals surface area contributed by atoms with E-state index in [1.54, 1.807) is 18.2 Å². The van der Waals surface area contributed by atoms with Crippen LogP contribution in [0.5, 0.6) is 0 Å². The van der Waals surface area contributed by atoms with E-state index in [1.807, 2.05) is 60.8 Å². The molecule has 3 N–H and O–H groups in total. The summed E-state index contributed by atoms with van der Waals surface area (Å²) in [6.07, 6.45) is 1.84. The standard InChI is InChI=1S/C26H25N3O2/c1-26(2,3)20-12-10-18(11-13-20)24(30)28-21-6-4-5-7-22(21)29-25(31)19-9-8-17-14-15-27-23(17)16-19/h4-16,27H,1-3H3,(H,28,30)(H,29,31). The number of aromatic amines is 1. The maximum atomic E-state index is 12.8. The average molecular weight is 412 g/mol. The SMILES string of the molecule is CC(C)(C)c1ccc(C(=O)Nc2ccccc2NC(=O)c2ccc3cc[nH]c3c2)cc1. The maximum absolute atomic E-state index is 12.8. The molecule has 1 aromatic heterocycles. The van der Waals surface area contributed by atoms with Crippen LogP contribution in [0.15, 0.2) is 79.0 Å². The van der Waals surface area contributed by atoms with Gasteiger partial charge in [-0.05, 0) is 58.8 Å². The lowest BCUT2D eigenvalue weighted by molar-refractivity contribution is 0.101. The highest BCUT2D eigenvalue weighted by Crippen LogP contribution is 2.25. The van der Waals surface area contributed by atoms with Gasteiger partial charge in [0.1, 0.15) is 0 Å². The van der Waals surface area contributed by atoms with Crippen molar-refractivity contribution in [1.29, 1.82) is 0 Å². The molecule has 0 unspecified atom stereocenters. The minimum absolute atomic E-state index is 0.0228. The summed E-state index contributed by atoms with van der Waals surface area (Å²) >= 11 is 0. The van der Waals surface area contributed by atoms with Crippen molar-refractivity contribution in [1.82, 2.24) is 4.98 Å². The van der Waals surface area contributed by atoms with Gasteiger partial charge in [-0.2, -0.15) is 0 Å². The second-order valence-corrected chi connectivity index (χ2v) is 8.56. The normalized spacial score (nSPS) is 11.3. The van der Waals surface area contributed by atoms with Crippen LogP contribution in [0.3, 0.4) is 0 Å². The highest BCUT2D eigenvalue weighted by molar-refractivity contribution is 6.10. The molecule has 0 atom stereocenters. The summed E-state index contributed by atoms with van der Waals surface area (Å²) in [5.74, 6) is -0.470. The third-order valence-electron chi connectivity index (χ3n) is 5.25. The number of fused-ring (bicyclic) bond motifs is 1. The van der Waals surface area contributed by atoms with E-state index in [2.05, 4.69) is 36.4 Å². The summed E-state index contributed by atoms with van der Waals surface area (Å²) in [5.41, 5.74) is 4.26. The molecular formula is C26H25N3O2. The molecule has 3 aromatic carbocycles. The molecule has 5 heteroatoms. The van der Waals surface area contributed by atoms with Crippen molar-refractivity contribution >= 4 is 34.1 Å². The maximum Gasteiger partial charge on any atom is 0.255 e. The number of para-hydroxylation sites is 2. The molecule has 4 aromatic rings. The van der Waals surface area contributed by atoms with Gasteiger partial charge in [-0.1, -0.05) is 51.1 Å². The Morgan fingerprint density at radius 2 is 1.32 bits per heavy atom. The van der Waals surface area contributed by atoms with Crippen LogP contribution in [0.4, 0.5) is 11.4 Å². The topological polar surface area (TPSA) is 74.0 Å². The van der Waals surface area contributed by atoms with E-state index in [4.69, 9.17) is 0 Å². The number of rotatable bonds is 4. The fourth-order valence-corrected chi connectivity index (χ4v) is 3.40. The van der Waals surface area contributed by atoms with E-state index in [0.717, 1.165) is 16.5 Å². The van der Waals surface area contributed by atoms with Crippen LogP contribution in [0.1, 0.15) is 47.1 Å². The number of hydrogen-bond donors (Lipinski definition) is 3. The summed E-state index contributed by atoms with van der Waals surface area (Å²) in [7, 11) is 0. The Morgan fingerprint density at radius 1 is 0.742 bits per heavy atom. The van der Waals surface area contributed by atoms with E-state index in [1.165, 1.54) is 0 Å². The Hall–Kier alpha value is -3.86. The molecule has 156 valence electrons. The van der Waals surface area contributed by atoms with Gasteiger partial charge in [0.25, 0.3) is 11.8 Å². The molecule has 0 bridgehead atoms. The van der Waals surface area contributed by atoms with Gasteiger partial charge in [0.2, 0.25) is 0 Å². The number of anilines is 2. The number of carbonyl (C=O) groups is 2. The van der Waals surface area contributed by atoms with Crippen LogP contribution in [0.25, 0.3) is 10.9 Å². The molecule has 0 saturated heterocycles. The van der Waals surface area contributed by atoms with Gasteiger partial charge in [0.15, 0.2) is 0 Å². The van der Waals surface area contributed by atoms with E-state index >= 15 is 0 Å². The number of aromatic nitrogens is 1. The van der Waals surface area contributed by atoms with Gasteiger partial charge in [0.05, 0.1) is 11.4 Å². The first-order valence-electron chi connectivity index (χ1n) is 10.2. The number of nitrogens with one attached hydrogen (secondary N) is 3. The monoisotopic (exact) mass is 411 g/mol. The molecule has 0 aliphatic carbocycles. The Labute approximate surface area is 181 Å². The van der Waals surface area contributed by atoms with Gasteiger partial charge in [-0.25, -0.2) is 0 Å².